The molecule has 2 aromatic rings. The molecule has 1 heterocycles. The van der Waals surface area contributed by atoms with E-state index in [0.29, 0.717) is 11.4 Å². The average molecular weight is 380 g/mol. The van der Waals surface area contributed by atoms with Crippen molar-refractivity contribution in [2.45, 2.75) is 25.7 Å². The van der Waals surface area contributed by atoms with E-state index in [-0.39, 0.29) is 28.8 Å². The summed E-state index contributed by atoms with van der Waals surface area (Å²) in [5.41, 5.74) is 1.31. The Morgan fingerprint density at radius 3 is 2.12 bits per heavy atom. The smallest absolute Gasteiger partial charge is 0.248 e. The van der Waals surface area contributed by atoms with E-state index in [0.717, 1.165) is 4.31 Å². The molecule has 0 saturated heterocycles. The van der Waals surface area contributed by atoms with E-state index in [9.17, 15) is 18.0 Å². The van der Waals surface area contributed by atoms with E-state index < -0.39 is 15.9 Å². The molecule has 140 valence electrons. The Morgan fingerprint density at radius 1 is 1.12 bits per heavy atom. The number of benzene rings is 1. The summed E-state index contributed by atoms with van der Waals surface area (Å²) < 4.78 is 31.0. The number of aromatic nitrogens is 1. The molecule has 0 radical (unpaired) electrons. The summed E-state index contributed by atoms with van der Waals surface area (Å²) in [6.45, 7) is 4.04. The molecule has 0 spiro atoms. The first kappa shape index (κ1) is 19.6. The van der Waals surface area contributed by atoms with Crippen LogP contribution in [0.2, 0.25) is 0 Å². The molecule has 2 amide bonds. The van der Waals surface area contributed by atoms with Gasteiger partial charge in [0.15, 0.2) is 5.76 Å². The number of rotatable bonds is 6. The second-order valence-electron chi connectivity index (χ2n) is 5.72. The number of anilines is 2. The number of likely N-dealkylation sites (N-methyl/N-ethyl adjacent to an activating group) is 1. The molecule has 0 aliphatic rings. The predicted molar refractivity (Wildman–Crippen MR) is 95.2 cm³/mol. The molecule has 0 aliphatic heterocycles. The summed E-state index contributed by atoms with van der Waals surface area (Å²) in [6, 6.07) is 6.46. The molecule has 9 nitrogen and oxygen atoms in total. The van der Waals surface area contributed by atoms with Crippen LogP contribution in [-0.2, 0) is 19.6 Å². The van der Waals surface area contributed by atoms with Crippen LogP contribution in [0.4, 0.5) is 11.4 Å². The maximum absolute atomic E-state index is 12.6. The van der Waals surface area contributed by atoms with Gasteiger partial charge in [-0.3, -0.25) is 9.59 Å². The molecule has 1 aromatic heterocycles. The number of nitrogens with zero attached hydrogens (tertiary/aromatic N) is 2. The minimum Gasteiger partial charge on any atom is -0.360 e. The van der Waals surface area contributed by atoms with Crippen molar-refractivity contribution in [2.24, 2.45) is 0 Å². The minimum absolute atomic E-state index is 0.0348. The van der Waals surface area contributed by atoms with Crippen molar-refractivity contribution < 1.29 is 22.5 Å². The van der Waals surface area contributed by atoms with Gasteiger partial charge in [-0.2, -0.15) is 4.31 Å². The highest BCUT2D eigenvalue weighted by atomic mass is 32.2. The van der Waals surface area contributed by atoms with Crippen molar-refractivity contribution in [3.8, 4) is 0 Å². The summed E-state index contributed by atoms with van der Waals surface area (Å²) >= 11 is 0. The van der Waals surface area contributed by atoms with E-state index in [4.69, 9.17) is 4.52 Å². The molecular formula is C16H20N4O5S. The van der Waals surface area contributed by atoms with E-state index in [1.807, 2.05) is 0 Å². The third-order valence-electron chi connectivity index (χ3n) is 3.49. The lowest BCUT2D eigenvalue weighted by Gasteiger charge is -2.16. The third-order valence-corrected chi connectivity index (χ3v) is 5.54. The van der Waals surface area contributed by atoms with Gasteiger partial charge in [0.1, 0.15) is 10.6 Å². The van der Waals surface area contributed by atoms with Gasteiger partial charge in [0.2, 0.25) is 21.8 Å². The van der Waals surface area contributed by atoms with Gasteiger partial charge >= 0.3 is 0 Å². The first-order chi connectivity index (χ1) is 12.1. The Hall–Kier alpha value is -2.72. The summed E-state index contributed by atoms with van der Waals surface area (Å²) in [5.74, 6) is -0.536. The normalized spacial score (nSPS) is 11.4. The van der Waals surface area contributed by atoms with Crippen molar-refractivity contribution in [1.82, 2.24) is 9.46 Å². The molecule has 0 atom stereocenters. The van der Waals surface area contributed by atoms with Gasteiger partial charge in [0, 0.05) is 25.3 Å². The van der Waals surface area contributed by atoms with Gasteiger partial charge in [0.25, 0.3) is 0 Å². The molecule has 0 saturated carbocycles. The maximum Gasteiger partial charge on any atom is 0.248 e. The zero-order chi connectivity index (χ0) is 19.5. The number of hydrogen-bond acceptors (Lipinski definition) is 6. The molecule has 26 heavy (non-hydrogen) atoms. The monoisotopic (exact) mass is 380 g/mol. The van der Waals surface area contributed by atoms with Gasteiger partial charge in [0.05, 0.1) is 6.54 Å². The minimum atomic E-state index is -3.90. The molecule has 0 aliphatic carbocycles. The number of carbonyl (C=O) groups excluding carboxylic acids is 2. The van der Waals surface area contributed by atoms with E-state index in [1.165, 1.54) is 27.8 Å². The fourth-order valence-electron chi connectivity index (χ4n) is 2.33. The molecule has 2 N–H and O–H groups in total. The highest BCUT2D eigenvalue weighted by Gasteiger charge is 2.29. The Morgan fingerprint density at radius 2 is 1.65 bits per heavy atom. The SMILES string of the molecule is CC(=O)Nc1ccc(NC(=O)CN(C)S(=O)(=O)c2c(C)noc2C)cc1. The van der Waals surface area contributed by atoms with Crippen LogP contribution in [0.1, 0.15) is 18.4 Å². The molecule has 2 rings (SSSR count). The number of hydrogen-bond donors (Lipinski definition) is 2. The van der Waals surface area contributed by atoms with Crippen LogP contribution in [0.15, 0.2) is 33.7 Å². The van der Waals surface area contributed by atoms with Crippen molar-refractivity contribution in [3.63, 3.8) is 0 Å². The lowest BCUT2D eigenvalue weighted by atomic mass is 10.2. The van der Waals surface area contributed by atoms with Gasteiger partial charge in [-0.05, 0) is 38.1 Å². The largest absolute Gasteiger partial charge is 0.360 e. The van der Waals surface area contributed by atoms with Gasteiger partial charge in [-0.1, -0.05) is 5.16 Å². The second kappa shape index (κ2) is 7.67. The van der Waals surface area contributed by atoms with E-state index >= 15 is 0 Å². The Balaban J connectivity index is 2.04. The molecule has 10 heteroatoms. The molecule has 0 unspecified atom stereocenters. The number of nitrogens with one attached hydrogen (secondary N) is 2. The van der Waals surface area contributed by atoms with E-state index in [1.54, 1.807) is 24.3 Å². The summed E-state index contributed by atoms with van der Waals surface area (Å²) in [5, 5.41) is 8.84. The Labute approximate surface area is 151 Å². The second-order valence-corrected chi connectivity index (χ2v) is 7.70. The lowest BCUT2D eigenvalue weighted by Crippen LogP contribution is -2.35. The molecule has 0 bridgehead atoms. The van der Waals surface area contributed by atoms with Crippen molar-refractivity contribution in [2.75, 3.05) is 24.2 Å². The summed E-state index contributed by atoms with van der Waals surface area (Å²) in [6.07, 6.45) is 0. The molecular weight excluding hydrogens is 360 g/mol. The zero-order valence-electron chi connectivity index (χ0n) is 14.9. The highest BCUT2D eigenvalue weighted by molar-refractivity contribution is 7.89. The van der Waals surface area contributed by atoms with Crippen LogP contribution in [-0.4, -0.2) is 43.3 Å². The van der Waals surface area contributed by atoms with Crippen molar-refractivity contribution in [3.05, 3.63) is 35.7 Å². The first-order valence-corrected chi connectivity index (χ1v) is 9.12. The quantitative estimate of drug-likeness (QED) is 0.783. The van der Waals surface area contributed by atoms with Crippen LogP contribution in [0.3, 0.4) is 0 Å². The van der Waals surface area contributed by atoms with Crippen LogP contribution < -0.4 is 10.6 Å². The lowest BCUT2D eigenvalue weighted by molar-refractivity contribution is -0.116. The van der Waals surface area contributed by atoms with Crippen LogP contribution in [0.25, 0.3) is 0 Å². The Bertz CT molecular complexity index is 899. The zero-order valence-corrected chi connectivity index (χ0v) is 15.7. The number of aryl methyl sites for hydroxylation is 2. The Kier molecular flexibility index (Phi) is 5.78. The first-order valence-electron chi connectivity index (χ1n) is 7.68. The summed E-state index contributed by atoms with van der Waals surface area (Å²) in [4.78, 5) is 23.1. The van der Waals surface area contributed by atoms with Gasteiger partial charge < -0.3 is 15.2 Å². The third kappa shape index (κ3) is 4.46. The maximum atomic E-state index is 12.6. The van der Waals surface area contributed by atoms with Crippen molar-refractivity contribution >= 4 is 33.2 Å². The fourth-order valence-corrected chi connectivity index (χ4v) is 3.74. The highest BCUT2D eigenvalue weighted by Crippen LogP contribution is 2.22. The summed E-state index contributed by atoms with van der Waals surface area (Å²) in [7, 11) is -2.59. The standard InChI is InChI=1S/C16H20N4O5S/c1-10-16(11(2)25-19-10)26(23,24)20(4)9-15(22)18-14-7-5-13(6-8-14)17-12(3)21/h5-8H,9H2,1-4H3,(H,17,21)(H,18,22). The van der Waals surface area contributed by atoms with E-state index in [2.05, 4.69) is 15.8 Å². The van der Waals surface area contributed by atoms with Crippen LogP contribution in [0.5, 0.6) is 0 Å². The molecule has 1 aromatic carbocycles. The van der Waals surface area contributed by atoms with Crippen LogP contribution >= 0.6 is 0 Å². The molecule has 0 fully saturated rings. The predicted octanol–water partition coefficient (Wildman–Crippen LogP) is 1.51. The van der Waals surface area contributed by atoms with Crippen molar-refractivity contribution in [1.29, 1.82) is 0 Å². The van der Waals surface area contributed by atoms with Crippen LogP contribution in [0, 0.1) is 13.8 Å². The topological polar surface area (TPSA) is 122 Å². The number of carbonyl (C=O) groups is 2. The van der Waals surface area contributed by atoms with Gasteiger partial charge in [-0.25, -0.2) is 8.42 Å². The number of sulfonamides is 1. The number of amides is 2. The average Bonchev–Trinajstić information content (AvgIpc) is 2.88. The van der Waals surface area contributed by atoms with Gasteiger partial charge in [-0.15, -0.1) is 0 Å². The fraction of sp³-hybridized carbons (Fsp3) is 0.312.